The molecule has 7 nitrogen and oxygen atoms in total. The van der Waals surface area contributed by atoms with Crippen LogP contribution in [0, 0.1) is 5.92 Å². The Kier molecular flexibility index (Phi) is 9.37. The van der Waals surface area contributed by atoms with Crippen LogP contribution in [0.15, 0.2) is 25.0 Å². The third kappa shape index (κ3) is 6.80. The van der Waals surface area contributed by atoms with Gasteiger partial charge >= 0.3 is 11.9 Å². The van der Waals surface area contributed by atoms with Crippen LogP contribution in [0.3, 0.4) is 0 Å². The normalized spacial score (nSPS) is 28.1. The summed E-state index contributed by atoms with van der Waals surface area (Å²) in [4.78, 5) is 22.8. The number of carbonyl (C=O) groups is 2. The van der Waals surface area contributed by atoms with Crippen LogP contribution in [0.5, 0.6) is 0 Å². The highest BCUT2D eigenvalue weighted by atomic mass is 16.7. The van der Waals surface area contributed by atoms with Crippen LogP contribution in [0.1, 0.15) is 40.5 Å². The third-order valence-corrected chi connectivity index (χ3v) is 3.84. The zero-order chi connectivity index (χ0) is 19.7. The van der Waals surface area contributed by atoms with Crippen molar-refractivity contribution in [3.63, 3.8) is 0 Å². The van der Waals surface area contributed by atoms with Crippen LogP contribution in [-0.2, 0) is 33.3 Å². The van der Waals surface area contributed by atoms with Crippen molar-refractivity contribution < 1.29 is 33.3 Å². The molecule has 0 unspecified atom stereocenters. The van der Waals surface area contributed by atoms with Gasteiger partial charge in [-0.15, -0.1) is 6.58 Å². The van der Waals surface area contributed by atoms with E-state index in [-0.39, 0.29) is 12.5 Å². The number of carbonyl (C=O) groups excluding carboxylic acids is 2. The predicted octanol–water partition coefficient (Wildman–Crippen LogP) is 2.74. The highest BCUT2D eigenvalue weighted by Gasteiger charge is 2.49. The summed E-state index contributed by atoms with van der Waals surface area (Å²) >= 11 is 0. The molecule has 1 aliphatic rings. The fourth-order valence-electron chi connectivity index (χ4n) is 2.71. The van der Waals surface area contributed by atoms with E-state index in [0.717, 1.165) is 12.8 Å². The van der Waals surface area contributed by atoms with Crippen LogP contribution >= 0.6 is 0 Å². The maximum Gasteiger partial charge on any atom is 0.303 e. The lowest BCUT2D eigenvalue weighted by Gasteiger charge is -2.44. The van der Waals surface area contributed by atoms with Crippen molar-refractivity contribution in [2.75, 3.05) is 13.2 Å². The molecular weight excluding hydrogens is 340 g/mol. The average molecular weight is 370 g/mol. The predicted molar refractivity (Wildman–Crippen MR) is 95.1 cm³/mol. The SMILES string of the molecule is C=C[C@H]1[C@H](OCCCC)O[C@H](COC(C)=O)[C@H](OC(C)=O)[C@@H]1OC(=C)C. The Bertz CT molecular complexity index is 502. The van der Waals surface area contributed by atoms with Gasteiger partial charge < -0.3 is 23.7 Å². The Morgan fingerprint density at radius 3 is 2.31 bits per heavy atom. The molecule has 148 valence electrons. The molecule has 26 heavy (non-hydrogen) atoms. The quantitative estimate of drug-likeness (QED) is 0.253. The van der Waals surface area contributed by atoms with Crippen LogP contribution in [-0.4, -0.2) is 49.8 Å². The van der Waals surface area contributed by atoms with E-state index in [4.69, 9.17) is 23.7 Å². The van der Waals surface area contributed by atoms with Gasteiger partial charge in [-0.05, 0) is 13.3 Å². The molecule has 0 spiro atoms. The first-order valence-corrected chi connectivity index (χ1v) is 8.82. The maximum absolute atomic E-state index is 11.6. The van der Waals surface area contributed by atoms with Crippen LogP contribution in [0.2, 0.25) is 0 Å². The fourth-order valence-corrected chi connectivity index (χ4v) is 2.71. The van der Waals surface area contributed by atoms with Gasteiger partial charge in [0.25, 0.3) is 0 Å². The van der Waals surface area contributed by atoms with Gasteiger partial charge in [0, 0.05) is 20.5 Å². The van der Waals surface area contributed by atoms with Crippen LogP contribution < -0.4 is 0 Å². The van der Waals surface area contributed by atoms with Gasteiger partial charge in [-0.25, -0.2) is 0 Å². The zero-order valence-electron chi connectivity index (χ0n) is 16.1. The summed E-state index contributed by atoms with van der Waals surface area (Å²) in [5.41, 5.74) is 0. The second kappa shape index (κ2) is 11.0. The molecule has 1 heterocycles. The Balaban J connectivity index is 3.09. The molecule has 1 saturated heterocycles. The van der Waals surface area contributed by atoms with Gasteiger partial charge in [-0.2, -0.15) is 0 Å². The van der Waals surface area contributed by atoms with E-state index in [1.807, 2.05) is 0 Å². The van der Waals surface area contributed by atoms with Crippen molar-refractivity contribution >= 4 is 11.9 Å². The Hall–Kier alpha value is -1.86. The van der Waals surface area contributed by atoms with Crippen LogP contribution in [0.25, 0.3) is 0 Å². The monoisotopic (exact) mass is 370 g/mol. The first-order valence-electron chi connectivity index (χ1n) is 8.82. The first-order chi connectivity index (χ1) is 12.3. The highest BCUT2D eigenvalue weighted by molar-refractivity contribution is 5.66. The largest absolute Gasteiger partial charge is 0.491 e. The summed E-state index contributed by atoms with van der Waals surface area (Å²) in [5.74, 6) is -0.877. The molecule has 0 aromatic carbocycles. The fraction of sp³-hybridized carbons (Fsp3) is 0.684. The van der Waals surface area contributed by atoms with Crippen molar-refractivity contribution in [1.82, 2.24) is 0 Å². The number of ether oxygens (including phenoxy) is 5. The molecule has 0 saturated carbocycles. The lowest BCUT2D eigenvalue weighted by molar-refractivity contribution is -0.282. The highest BCUT2D eigenvalue weighted by Crippen LogP contribution is 2.33. The molecule has 0 amide bonds. The van der Waals surface area contributed by atoms with Gasteiger partial charge in [0.05, 0.1) is 11.7 Å². The lowest BCUT2D eigenvalue weighted by Crippen LogP contribution is -2.58. The van der Waals surface area contributed by atoms with E-state index in [2.05, 4.69) is 20.1 Å². The average Bonchev–Trinajstić information content (AvgIpc) is 2.54. The van der Waals surface area contributed by atoms with E-state index in [9.17, 15) is 9.59 Å². The maximum atomic E-state index is 11.6. The Labute approximate surface area is 155 Å². The molecule has 1 rings (SSSR count). The standard InChI is InChI=1S/C19H30O7/c1-7-9-10-22-19-15(8-2)17(24-12(3)4)18(25-14(6)21)16(26-19)11-23-13(5)20/h8,15-19H,2-3,7,9-11H2,1,4-6H3/t15-,16-,17-,18+,19-/m1/s1. The molecule has 1 aliphatic heterocycles. The molecule has 0 bridgehead atoms. The molecule has 5 atom stereocenters. The number of hydrogen-bond acceptors (Lipinski definition) is 7. The summed E-state index contributed by atoms with van der Waals surface area (Å²) in [6.07, 6.45) is 0.711. The third-order valence-electron chi connectivity index (χ3n) is 3.84. The van der Waals surface area contributed by atoms with Crippen LogP contribution in [0.4, 0.5) is 0 Å². The number of esters is 2. The first kappa shape index (κ1) is 22.2. The molecule has 1 fully saturated rings. The van der Waals surface area contributed by atoms with Crippen molar-refractivity contribution in [3.05, 3.63) is 25.0 Å². The number of unbranched alkanes of at least 4 members (excludes halogenated alkanes) is 1. The summed E-state index contributed by atoms with van der Waals surface area (Å²) in [6, 6.07) is 0. The number of hydrogen-bond donors (Lipinski definition) is 0. The molecular formula is C19H30O7. The van der Waals surface area contributed by atoms with Crippen molar-refractivity contribution in [3.8, 4) is 0 Å². The van der Waals surface area contributed by atoms with Gasteiger partial charge in [-0.1, -0.05) is 26.0 Å². The molecule has 0 aromatic rings. The molecule has 7 heteroatoms. The zero-order valence-corrected chi connectivity index (χ0v) is 16.1. The minimum atomic E-state index is -0.794. The van der Waals surface area contributed by atoms with Gasteiger partial charge in [0.1, 0.15) is 18.8 Å². The minimum Gasteiger partial charge on any atom is -0.491 e. The molecule has 0 radical (unpaired) electrons. The van der Waals surface area contributed by atoms with E-state index in [1.54, 1.807) is 13.0 Å². The topological polar surface area (TPSA) is 80.3 Å². The van der Waals surface area contributed by atoms with E-state index in [0.29, 0.717) is 12.4 Å². The number of allylic oxidation sites excluding steroid dienone is 1. The minimum absolute atomic E-state index is 0.0825. The van der Waals surface area contributed by atoms with Gasteiger partial charge in [0.15, 0.2) is 12.4 Å². The van der Waals surface area contributed by atoms with Crippen molar-refractivity contribution in [1.29, 1.82) is 0 Å². The smallest absolute Gasteiger partial charge is 0.303 e. The molecule has 0 N–H and O–H groups in total. The second-order valence-electron chi connectivity index (χ2n) is 6.24. The Morgan fingerprint density at radius 2 is 1.81 bits per heavy atom. The van der Waals surface area contributed by atoms with Gasteiger partial charge in [-0.3, -0.25) is 9.59 Å². The van der Waals surface area contributed by atoms with E-state index < -0.39 is 36.5 Å². The molecule has 0 aliphatic carbocycles. The Morgan fingerprint density at radius 1 is 1.12 bits per heavy atom. The van der Waals surface area contributed by atoms with Crippen molar-refractivity contribution in [2.24, 2.45) is 5.92 Å². The summed E-state index contributed by atoms with van der Waals surface area (Å²) in [7, 11) is 0. The summed E-state index contributed by atoms with van der Waals surface area (Å²) < 4.78 is 28.1. The van der Waals surface area contributed by atoms with Crippen molar-refractivity contribution in [2.45, 2.75) is 65.1 Å². The number of rotatable bonds is 10. The summed E-state index contributed by atoms with van der Waals surface area (Å²) in [6.45, 7) is 14.4. The second-order valence-corrected chi connectivity index (χ2v) is 6.24. The lowest BCUT2D eigenvalue weighted by atomic mass is 9.90. The summed E-state index contributed by atoms with van der Waals surface area (Å²) in [5, 5.41) is 0. The van der Waals surface area contributed by atoms with Gasteiger partial charge in [0.2, 0.25) is 0 Å². The molecule has 0 aromatic heterocycles. The van der Waals surface area contributed by atoms with E-state index in [1.165, 1.54) is 13.8 Å². The van der Waals surface area contributed by atoms with E-state index >= 15 is 0 Å².